The largest absolute Gasteiger partial charge is 0.365 e. The lowest BCUT2D eigenvalue weighted by molar-refractivity contribution is 0.425. The number of piperazine rings is 1. The number of hydrogen-bond acceptors (Lipinski definition) is 3. The Kier molecular flexibility index (Phi) is 2.91. The normalized spacial score (nSPS) is 26.7. The van der Waals surface area contributed by atoms with Crippen molar-refractivity contribution >= 4 is 5.69 Å². The number of nitrogens with zero attached hydrogens (tertiary/aromatic N) is 2. The van der Waals surface area contributed by atoms with Crippen LogP contribution in [0.25, 0.3) is 0 Å². The van der Waals surface area contributed by atoms with Crippen LogP contribution in [-0.4, -0.2) is 30.2 Å². The SMILES string of the molecule is Cc1ccc(N2CC(C)NCC2C)cn1. The second-order valence-corrected chi connectivity index (χ2v) is 4.47. The number of aryl methyl sites for hydroxylation is 1. The fourth-order valence-electron chi connectivity index (χ4n) is 2.01. The van der Waals surface area contributed by atoms with Gasteiger partial charge >= 0.3 is 0 Å². The van der Waals surface area contributed by atoms with Crippen LogP contribution in [0.4, 0.5) is 5.69 Å². The van der Waals surface area contributed by atoms with Crippen LogP contribution < -0.4 is 10.2 Å². The lowest BCUT2D eigenvalue weighted by Gasteiger charge is -2.39. The molecule has 1 aliphatic rings. The standard InChI is InChI=1S/C12H19N3/c1-9-4-5-12(7-14-9)15-8-10(2)13-6-11(15)3/h4-5,7,10-11,13H,6,8H2,1-3H3. The number of pyridine rings is 1. The van der Waals surface area contributed by atoms with Crippen molar-refractivity contribution in [1.82, 2.24) is 10.3 Å². The van der Waals surface area contributed by atoms with E-state index in [0.29, 0.717) is 12.1 Å². The number of anilines is 1. The van der Waals surface area contributed by atoms with Crippen molar-refractivity contribution in [2.45, 2.75) is 32.9 Å². The molecule has 2 heterocycles. The first-order valence-electron chi connectivity index (χ1n) is 5.59. The molecular weight excluding hydrogens is 186 g/mol. The maximum Gasteiger partial charge on any atom is 0.0556 e. The van der Waals surface area contributed by atoms with Gasteiger partial charge in [-0.1, -0.05) is 0 Å². The smallest absolute Gasteiger partial charge is 0.0556 e. The molecule has 2 unspecified atom stereocenters. The van der Waals surface area contributed by atoms with E-state index >= 15 is 0 Å². The van der Waals surface area contributed by atoms with Gasteiger partial charge in [0.25, 0.3) is 0 Å². The molecule has 1 aromatic rings. The predicted molar refractivity (Wildman–Crippen MR) is 63.2 cm³/mol. The molecule has 2 rings (SSSR count). The first kappa shape index (κ1) is 10.4. The Hall–Kier alpha value is -1.09. The molecule has 0 radical (unpaired) electrons. The van der Waals surface area contributed by atoms with Crippen molar-refractivity contribution in [2.24, 2.45) is 0 Å². The van der Waals surface area contributed by atoms with E-state index < -0.39 is 0 Å². The van der Waals surface area contributed by atoms with Gasteiger partial charge in [0, 0.05) is 30.9 Å². The van der Waals surface area contributed by atoms with Gasteiger partial charge < -0.3 is 10.2 Å². The Morgan fingerprint density at radius 1 is 1.40 bits per heavy atom. The molecule has 3 nitrogen and oxygen atoms in total. The molecule has 3 heteroatoms. The van der Waals surface area contributed by atoms with E-state index in [2.05, 4.69) is 41.2 Å². The topological polar surface area (TPSA) is 28.2 Å². The van der Waals surface area contributed by atoms with Crippen molar-refractivity contribution < 1.29 is 0 Å². The summed E-state index contributed by atoms with van der Waals surface area (Å²) in [6.45, 7) is 8.60. The lowest BCUT2D eigenvalue weighted by Crippen LogP contribution is -2.54. The molecule has 0 aliphatic carbocycles. The Bertz CT molecular complexity index is 320. The zero-order valence-electron chi connectivity index (χ0n) is 9.70. The highest BCUT2D eigenvalue weighted by Crippen LogP contribution is 2.18. The molecule has 15 heavy (non-hydrogen) atoms. The third-order valence-electron chi connectivity index (χ3n) is 2.99. The van der Waals surface area contributed by atoms with Gasteiger partial charge in [-0.15, -0.1) is 0 Å². The van der Waals surface area contributed by atoms with Gasteiger partial charge in [0.1, 0.15) is 0 Å². The Balaban J connectivity index is 2.17. The van der Waals surface area contributed by atoms with Gasteiger partial charge in [0.15, 0.2) is 0 Å². The minimum Gasteiger partial charge on any atom is -0.365 e. The number of hydrogen-bond donors (Lipinski definition) is 1. The van der Waals surface area contributed by atoms with Crippen LogP contribution in [-0.2, 0) is 0 Å². The van der Waals surface area contributed by atoms with E-state index in [1.165, 1.54) is 5.69 Å². The van der Waals surface area contributed by atoms with Gasteiger partial charge in [-0.05, 0) is 32.9 Å². The molecule has 1 N–H and O–H groups in total. The van der Waals surface area contributed by atoms with Crippen LogP contribution >= 0.6 is 0 Å². The third-order valence-corrected chi connectivity index (χ3v) is 2.99. The fourth-order valence-corrected chi connectivity index (χ4v) is 2.01. The van der Waals surface area contributed by atoms with Crippen LogP contribution in [0.15, 0.2) is 18.3 Å². The highest BCUT2D eigenvalue weighted by molar-refractivity contribution is 5.46. The highest BCUT2D eigenvalue weighted by atomic mass is 15.2. The summed E-state index contributed by atoms with van der Waals surface area (Å²) in [4.78, 5) is 6.78. The van der Waals surface area contributed by atoms with Gasteiger partial charge in [0.05, 0.1) is 11.9 Å². The quantitative estimate of drug-likeness (QED) is 0.754. The van der Waals surface area contributed by atoms with Gasteiger partial charge in [-0.25, -0.2) is 0 Å². The van der Waals surface area contributed by atoms with Crippen LogP contribution in [0.3, 0.4) is 0 Å². The second-order valence-electron chi connectivity index (χ2n) is 4.47. The molecule has 82 valence electrons. The Morgan fingerprint density at radius 2 is 2.20 bits per heavy atom. The minimum absolute atomic E-state index is 0.547. The van der Waals surface area contributed by atoms with E-state index in [0.717, 1.165) is 18.8 Å². The zero-order valence-corrected chi connectivity index (χ0v) is 9.70. The molecule has 0 bridgehead atoms. The molecule has 1 aliphatic heterocycles. The second kappa shape index (κ2) is 4.19. The van der Waals surface area contributed by atoms with Crippen molar-refractivity contribution in [3.8, 4) is 0 Å². The molecule has 0 saturated carbocycles. The van der Waals surface area contributed by atoms with Crippen molar-refractivity contribution in [1.29, 1.82) is 0 Å². The Morgan fingerprint density at radius 3 is 2.87 bits per heavy atom. The van der Waals surface area contributed by atoms with Gasteiger partial charge in [-0.3, -0.25) is 4.98 Å². The van der Waals surface area contributed by atoms with E-state index in [1.807, 2.05) is 13.1 Å². The van der Waals surface area contributed by atoms with Gasteiger partial charge in [0.2, 0.25) is 0 Å². The van der Waals surface area contributed by atoms with E-state index in [-0.39, 0.29) is 0 Å². The number of nitrogens with one attached hydrogen (secondary N) is 1. The van der Waals surface area contributed by atoms with Crippen molar-refractivity contribution in [3.63, 3.8) is 0 Å². The summed E-state index contributed by atoms with van der Waals surface area (Å²) >= 11 is 0. The summed E-state index contributed by atoms with van der Waals surface area (Å²) in [5, 5.41) is 3.48. The summed E-state index contributed by atoms with van der Waals surface area (Å²) < 4.78 is 0. The third kappa shape index (κ3) is 2.29. The Labute approximate surface area is 91.5 Å². The molecule has 0 aromatic carbocycles. The van der Waals surface area contributed by atoms with E-state index in [1.54, 1.807) is 0 Å². The molecule has 0 amide bonds. The van der Waals surface area contributed by atoms with Crippen molar-refractivity contribution in [3.05, 3.63) is 24.0 Å². The summed E-state index contributed by atoms with van der Waals surface area (Å²) in [6.07, 6.45) is 1.98. The van der Waals surface area contributed by atoms with E-state index in [4.69, 9.17) is 0 Å². The van der Waals surface area contributed by atoms with Crippen LogP contribution in [0.2, 0.25) is 0 Å². The average molecular weight is 205 g/mol. The van der Waals surface area contributed by atoms with Crippen LogP contribution in [0, 0.1) is 6.92 Å². The average Bonchev–Trinajstić information content (AvgIpc) is 2.23. The van der Waals surface area contributed by atoms with Crippen LogP contribution in [0.5, 0.6) is 0 Å². The lowest BCUT2D eigenvalue weighted by atomic mass is 10.1. The predicted octanol–water partition coefficient (Wildman–Crippen LogP) is 1.58. The fraction of sp³-hybridized carbons (Fsp3) is 0.583. The summed E-state index contributed by atoms with van der Waals surface area (Å²) in [5.41, 5.74) is 2.32. The highest BCUT2D eigenvalue weighted by Gasteiger charge is 2.22. The molecule has 1 saturated heterocycles. The first-order chi connectivity index (χ1) is 7.16. The first-order valence-corrected chi connectivity index (χ1v) is 5.59. The number of rotatable bonds is 1. The molecule has 1 fully saturated rings. The molecule has 1 aromatic heterocycles. The van der Waals surface area contributed by atoms with E-state index in [9.17, 15) is 0 Å². The zero-order chi connectivity index (χ0) is 10.8. The number of aromatic nitrogens is 1. The summed E-state index contributed by atoms with van der Waals surface area (Å²) in [7, 11) is 0. The van der Waals surface area contributed by atoms with Crippen molar-refractivity contribution in [2.75, 3.05) is 18.0 Å². The summed E-state index contributed by atoms with van der Waals surface area (Å²) in [6, 6.07) is 5.35. The monoisotopic (exact) mass is 205 g/mol. The van der Waals surface area contributed by atoms with Gasteiger partial charge in [-0.2, -0.15) is 0 Å². The molecule has 2 atom stereocenters. The molecule has 0 spiro atoms. The maximum atomic E-state index is 4.35. The van der Waals surface area contributed by atoms with Crippen LogP contribution in [0.1, 0.15) is 19.5 Å². The minimum atomic E-state index is 0.547. The summed E-state index contributed by atoms with van der Waals surface area (Å²) in [5.74, 6) is 0. The molecular formula is C12H19N3. The maximum absolute atomic E-state index is 4.35.